The molecule has 0 saturated heterocycles. The predicted octanol–water partition coefficient (Wildman–Crippen LogP) is 4.37. The third kappa shape index (κ3) is 4.98. The second kappa shape index (κ2) is 8.34. The van der Waals surface area contributed by atoms with Gasteiger partial charge in [-0.25, -0.2) is 4.39 Å². The second-order valence-electron chi connectivity index (χ2n) is 5.71. The fourth-order valence-electron chi connectivity index (χ4n) is 2.19. The molecule has 2 rings (SSSR count). The largest absolute Gasteiger partial charge is 0.494 e. The standard InChI is InChI=1S/C19H22FNO3/c1-13(2)14-4-7-16(8-5-14)24-11-10-19(22)21-17-9-6-15(20)12-18(17)23-3/h4-9,12-13H,10-11H2,1-3H3,(H,21,22). The molecule has 1 N–H and O–H groups in total. The van der Waals surface area contributed by atoms with E-state index < -0.39 is 5.82 Å². The van der Waals surface area contributed by atoms with E-state index in [2.05, 4.69) is 19.2 Å². The molecule has 4 nitrogen and oxygen atoms in total. The van der Waals surface area contributed by atoms with Crippen LogP contribution in [-0.2, 0) is 4.79 Å². The molecule has 128 valence electrons. The van der Waals surface area contributed by atoms with Gasteiger partial charge in [0.15, 0.2) is 0 Å². The minimum absolute atomic E-state index is 0.187. The molecule has 0 spiro atoms. The summed E-state index contributed by atoms with van der Waals surface area (Å²) in [5.74, 6) is 0.840. The molecule has 0 aliphatic heterocycles. The molecule has 0 aliphatic rings. The molecular weight excluding hydrogens is 309 g/mol. The van der Waals surface area contributed by atoms with E-state index in [1.165, 1.54) is 30.9 Å². The SMILES string of the molecule is COc1cc(F)ccc1NC(=O)CCOc1ccc(C(C)C)cc1. The number of carbonyl (C=O) groups is 1. The summed E-state index contributed by atoms with van der Waals surface area (Å²) in [5.41, 5.74) is 1.67. The molecule has 1 amide bonds. The Labute approximate surface area is 141 Å². The fourth-order valence-corrected chi connectivity index (χ4v) is 2.19. The molecular formula is C19H22FNO3. The van der Waals surface area contributed by atoms with Crippen molar-refractivity contribution in [2.24, 2.45) is 0 Å². The summed E-state index contributed by atoms with van der Waals surface area (Å²) in [7, 11) is 1.42. The maximum Gasteiger partial charge on any atom is 0.227 e. The Morgan fingerprint density at radius 2 is 1.88 bits per heavy atom. The molecule has 0 atom stereocenters. The van der Waals surface area contributed by atoms with Crippen molar-refractivity contribution in [2.75, 3.05) is 19.0 Å². The lowest BCUT2D eigenvalue weighted by Crippen LogP contribution is -2.15. The molecule has 0 aromatic heterocycles. The lowest BCUT2D eigenvalue weighted by atomic mass is 10.0. The summed E-state index contributed by atoms with van der Waals surface area (Å²) in [6, 6.07) is 11.8. The molecule has 0 saturated carbocycles. The van der Waals surface area contributed by atoms with Gasteiger partial charge in [-0.05, 0) is 35.7 Å². The molecule has 0 fully saturated rings. The van der Waals surface area contributed by atoms with Crippen LogP contribution >= 0.6 is 0 Å². The number of rotatable bonds is 7. The Morgan fingerprint density at radius 3 is 2.50 bits per heavy atom. The third-order valence-corrected chi connectivity index (χ3v) is 3.58. The van der Waals surface area contributed by atoms with E-state index in [4.69, 9.17) is 9.47 Å². The minimum Gasteiger partial charge on any atom is -0.494 e. The van der Waals surface area contributed by atoms with Gasteiger partial charge in [0.25, 0.3) is 0 Å². The highest BCUT2D eigenvalue weighted by molar-refractivity contribution is 5.92. The van der Waals surface area contributed by atoms with Crippen LogP contribution in [-0.4, -0.2) is 19.6 Å². The number of benzene rings is 2. The van der Waals surface area contributed by atoms with E-state index in [1.807, 2.05) is 24.3 Å². The average molecular weight is 331 g/mol. The molecule has 2 aromatic rings. The van der Waals surface area contributed by atoms with Crippen molar-refractivity contribution in [3.8, 4) is 11.5 Å². The van der Waals surface area contributed by atoms with Crippen molar-refractivity contribution in [1.29, 1.82) is 0 Å². The summed E-state index contributed by atoms with van der Waals surface area (Å²) in [6.07, 6.45) is 0.187. The van der Waals surface area contributed by atoms with Crippen LogP contribution in [0.3, 0.4) is 0 Å². The topological polar surface area (TPSA) is 47.6 Å². The number of hydrogen-bond acceptors (Lipinski definition) is 3. The number of hydrogen-bond donors (Lipinski definition) is 1. The molecule has 5 heteroatoms. The summed E-state index contributed by atoms with van der Waals surface area (Å²) >= 11 is 0. The molecule has 24 heavy (non-hydrogen) atoms. The number of anilines is 1. The van der Waals surface area contributed by atoms with Crippen molar-refractivity contribution in [2.45, 2.75) is 26.2 Å². The Bertz CT molecular complexity index is 684. The van der Waals surface area contributed by atoms with E-state index >= 15 is 0 Å². The van der Waals surface area contributed by atoms with Gasteiger partial charge in [0.2, 0.25) is 5.91 Å². The number of nitrogens with one attached hydrogen (secondary N) is 1. The van der Waals surface area contributed by atoms with Crippen LogP contribution < -0.4 is 14.8 Å². The zero-order valence-corrected chi connectivity index (χ0v) is 14.1. The first kappa shape index (κ1) is 17.8. The van der Waals surface area contributed by atoms with Crippen LogP contribution in [0.5, 0.6) is 11.5 Å². The van der Waals surface area contributed by atoms with Gasteiger partial charge in [-0.2, -0.15) is 0 Å². The first-order valence-electron chi connectivity index (χ1n) is 7.85. The minimum atomic E-state index is -0.418. The van der Waals surface area contributed by atoms with Crippen LogP contribution in [0, 0.1) is 5.82 Å². The average Bonchev–Trinajstić information content (AvgIpc) is 2.57. The zero-order chi connectivity index (χ0) is 17.5. The van der Waals surface area contributed by atoms with Crippen LogP contribution in [0.1, 0.15) is 31.7 Å². The first-order valence-corrected chi connectivity index (χ1v) is 7.85. The van der Waals surface area contributed by atoms with Crippen LogP contribution in [0.25, 0.3) is 0 Å². The van der Waals surface area contributed by atoms with E-state index in [1.54, 1.807) is 0 Å². The Kier molecular flexibility index (Phi) is 6.18. The third-order valence-electron chi connectivity index (χ3n) is 3.58. The van der Waals surface area contributed by atoms with Crippen LogP contribution in [0.2, 0.25) is 0 Å². The van der Waals surface area contributed by atoms with Gasteiger partial charge < -0.3 is 14.8 Å². The van der Waals surface area contributed by atoms with E-state index in [0.717, 1.165) is 5.75 Å². The second-order valence-corrected chi connectivity index (χ2v) is 5.71. The van der Waals surface area contributed by atoms with Crippen molar-refractivity contribution >= 4 is 11.6 Å². The number of ether oxygens (including phenoxy) is 2. The monoisotopic (exact) mass is 331 g/mol. The Balaban J connectivity index is 1.83. The zero-order valence-electron chi connectivity index (χ0n) is 14.1. The van der Waals surface area contributed by atoms with Gasteiger partial charge in [-0.15, -0.1) is 0 Å². The number of halogens is 1. The molecule has 2 aromatic carbocycles. The van der Waals surface area contributed by atoms with Crippen molar-refractivity contribution < 1.29 is 18.7 Å². The van der Waals surface area contributed by atoms with Gasteiger partial charge in [-0.1, -0.05) is 26.0 Å². The van der Waals surface area contributed by atoms with Crippen molar-refractivity contribution in [1.82, 2.24) is 0 Å². The number of carbonyl (C=O) groups excluding carboxylic acids is 1. The first-order chi connectivity index (χ1) is 11.5. The summed E-state index contributed by atoms with van der Waals surface area (Å²) in [5, 5.41) is 2.69. The normalized spacial score (nSPS) is 10.5. The van der Waals surface area contributed by atoms with Crippen LogP contribution in [0.4, 0.5) is 10.1 Å². The summed E-state index contributed by atoms with van der Waals surface area (Å²) < 4.78 is 23.7. The van der Waals surface area contributed by atoms with Gasteiger partial charge in [0.1, 0.15) is 17.3 Å². The van der Waals surface area contributed by atoms with Crippen molar-refractivity contribution in [3.63, 3.8) is 0 Å². The van der Waals surface area contributed by atoms with Gasteiger partial charge in [0, 0.05) is 6.07 Å². The highest BCUT2D eigenvalue weighted by atomic mass is 19.1. The molecule has 0 aliphatic carbocycles. The van der Waals surface area contributed by atoms with Crippen molar-refractivity contribution in [3.05, 3.63) is 53.8 Å². The fraction of sp³-hybridized carbons (Fsp3) is 0.316. The van der Waals surface area contributed by atoms with Gasteiger partial charge in [-0.3, -0.25) is 4.79 Å². The maximum absolute atomic E-state index is 13.1. The van der Waals surface area contributed by atoms with E-state index in [0.29, 0.717) is 11.6 Å². The quantitative estimate of drug-likeness (QED) is 0.820. The van der Waals surface area contributed by atoms with E-state index in [9.17, 15) is 9.18 Å². The summed E-state index contributed by atoms with van der Waals surface area (Å²) in [6.45, 7) is 4.52. The lowest BCUT2D eigenvalue weighted by molar-refractivity contribution is -0.116. The molecule has 0 bridgehead atoms. The highest BCUT2D eigenvalue weighted by Gasteiger charge is 2.09. The highest BCUT2D eigenvalue weighted by Crippen LogP contribution is 2.25. The number of methoxy groups -OCH3 is 1. The summed E-state index contributed by atoms with van der Waals surface area (Å²) in [4.78, 5) is 12.0. The lowest BCUT2D eigenvalue weighted by Gasteiger charge is -2.11. The smallest absolute Gasteiger partial charge is 0.227 e. The predicted molar refractivity (Wildman–Crippen MR) is 92.2 cm³/mol. The van der Waals surface area contributed by atoms with Crippen LogP contribution in [0.15, 0.2) is 42.5 Å². The van der Waals surface area contributed by atoms with E-state index in [-0.39, 0.29) is 24.7 Å². The Hall–Kier alpha value is -2.56. The van der Waals surface area contributed by atoms with Gasteiger partial charge >= 0.3 is 0 Å². The molecule has 0 heterocycles. The number of amides is 1. The maximum atomic E-state index is 13.1. The van der Waals surface area contributed by atoms with Gasteiger partial charge in [0.05, 0.1) is 25.8 Å². The Morgan fingerprint density at radius 1 is 1.17 bits per heavy atom. The molecule has 0 unspecified atom stereocenters. The molecule has 0 radical (unpaired) electrons.